The van der Waals surface area contributed by atoms with E-state index < -0.39 is 0 Å². The third-order valence-corrected chi connectivity index (χ3v) is 1.46. The van der Waals surface area contributed by atoms with Gasteiger partial charge >= 0.3 is 0 Å². The Morgan fingerprint density at radius 1 is 1.56 bits per heavy atom. The highest BCUT2D eigenvalue weighted by Crippen LogP contribution is 2.01. The van der Waals surface area contributed by atoms with Gasteiger partial charge < -0.3 is 9.64 Å². The molecule has 0 aliphatic rings. The van der Waals surface area contributed by atoms with Crippen LogP contribution in [0.25, 0.3) is 0 Å². The first-order chi connectivity index (χ1) is 4.16. The van der Waals surface area contributed by atoms with Crippen molar-refractivity contribution in [2.45, 2.75) is 12.0 Å². The predicted molar refractivity (Wildman–Crippen MR) is 39.8 cm³/mol. The van der Waals surface area contributed by atoms with Crippen molar-refractivity contribution in [3.63, 3.8) is 0 Å². The van der Waals surface area contributed by atoms with Crippen LogP contribution in [0.5, 0.6) is 0 Å². The van der Waals surface area contributed by atoms with E-state index in [9.17, 15) is 0 Å². The Morgan fingerprint density at radius 2 is 2.11 bits per heavy atom. The van der Waals surface area contributed by atoms with Crippen molar-refractivity contribution < 1.29 is 4.74 Å². The molecule has 0 saturated carbocycles. The zero-order valence-corrected chi connectivity index (χ0v) is 6.98. The van der Waals surface area contributed by atoms with E-state index in [2.05, 4.69) is 4.90 Å². The highest BCUT2D eigenvalue weighted by molar-refractivity contribution is 6.19. The average molecular weight is 152 g/mol. The van der Waals surface area contributed by atoms with E-state index in [-0.39, 0.29) is 5.56 Å². The summed E-state index contributed by atoms with van der Waals surface area (Å²) in [7, 11) is 5.64. The number of halogens is 1. The number of alkyl halides is 1. The molecular weight excluding hydrogens is 138 g/mol. The first kappa shape index (κ1) is 9.21. The number of ether oxygens (including phenoxy) is 1. The second kappa shape index (κ2) is 5.03. The number of rotatable bonds is 4. The van der Waals surface area contributed by atoms with Gasteiger partial charge in [0.2, 0.25) is 0 Å². The Hall–Kier alpha value is 0.210. The Bertz CT molecular complexity index is 68.1. The van der Waals surface area contributed by atoms with E-state index in [0.717, 1.165) is 13.0 Å². The molecule has 1 atom stereocenters. The largest absolute Gasteiger partial charge is 0.366 e. The van der Waals surface area contributed by atoms with E-state index >= 15 is 0 Å². The topological polar surface area (TPSA) is 12.5 Å². The maximum absolute atomic E-state index is 5.66. The van der Waals surface area contributed by atoms with E-state index in [0.29, 0.717) is 0 Å². The number of nitrogens with zero attached hydrogens (tertiary/aromatic N) is 1. The fourth-order valence-electron chi connectivity index (χ4n) is 0.478. The minimum atomic E-state index is -0.132. The summed E-state index contributed by atoms with van der Waals surface area (Å²) in [6, 6.07) is 0. The molecule has 0 bridgehead atoms. The number of methoxy groups -OCH3 is 1. The van der Waals surface area contributed by atoms with Crippen molar-refractivity contribution >= 4 is 11.6 Å². The molecule has 0 amide bonds. The molecule has 0 rings (SSSR count). The van der Waals surface area contributed by atoms with Crippen LogP contribution in [-0.4, -0.2) is 38.2 Å². The predicted octanol–water partition coefficient (Wildman–Crippen LogP) is 1.15. The molecule has 0 fully saturated rings. The van der Waals surface area contributed by atoms with E-state index in [1.807, 2.05) is 14.1 Å². The van der Waals surface area contributed by atoms with Crippen molar-refractivity contribution in [2.24, 2.45) is 0 Å². The molecule has 0 aromatic heterocycles. The van der Waals surface area contributed by atoms with Crippen LogP contribution in [0.15, 0.2) is 0 Å². The van der Waals surface area contributed by atoms with Crippen LogP contribution < -0.4 is 0 Å². The van der Waals surface area contributed by atoms with Gasteiger partial charge in [-0.05, 0) is 14.1 Å². The lowest BCUT2D eigenvalue weighted by Crippen LogP contribution is -2.17. The second-order valence-electron chi connectivity index (χ2n) is 2.24. The molecule has 0 saturated heterocycles. The SMILES string of the molecule is COC(Cl)CCN(C)C. The monoisotopic (exact) mass is 151 g/mol. The summed E-state index contributed by atoms with van der Waals surface area (Å²) in [6.07, 6.45) is 0.880. The van der Waals surface area contributed by atoms with Gasteiger partial charge in [-0.15, -0.1) is 0 Å². The van der Waals surface area contributed by atoms with Gasteiger partial charge in [0.25, 0.3) is 0 Å². The van der Waals surface area contributed by atoms with Gasteiger partial charge in [-0.3, -0.25) is 0 Å². The fraction of sp³-hybridized carbons (Fsp3) is 1.00. The summed E-state index contributed by atoms with van der Waals surface area (Å²) >= 11 is 5.66. The van der Waals surface area contributed by atoms with Gasteiger partial charge in [-0.2, -0.15) is 0 Å². The van der Waals surface area contributed by atoms with E-state index in [4.69, 9.17) is 16.3 Å². The van der Waals surface area contributed by atoms with Crippen LogP contribution >= 0.6 is 11.6 Å². The second-order valence-corrected chi connectivity index (χ2v) is 2.72. The van der Waals surface area contributed by atoms with Crippen LogP contribution in [0, 0.1) is 0 Å². The Kier molecular flexibility index (Phi) is 5.15. The van der Waals surface area contributed by atoms with Crippen molar-refractivity contribution in [3.8, 4) is 0 Å². The third kappa shape index (κ3) is 6.09. The van der Waals surface area contributed by atoms with Crippen molar-refractivity contribution in [1.29, 1.82) is 0 Å². The molecule has 0 N–H and O–H groups in total. The Balaban J connectivity index is 3.06. The van der Waals surface area contributed by atoms with Gasteiger partial charge in [-0.1, -0.05) is 11.6 Å². The molecule has 9 heavy (non-hydrogen) atoms. The minimum absolute atomic E-state index is 0.132. The summed E-state index contributed by atoms with van der Waals surface area (Å²) in [4.78, 5) is 2.08. The number of hydrogen-bond donors (Lipinski definition) is 0. The van der Waals surface area contributed by atoms with Gasteiger partial charge in [0.05, 0.1) is 0 Å². The molecule has 0 aliphatic carbocycles. The number of hydrogen-bond acceptors (Lipinski definition) is 2. The molecule has 2 nitrogen and oxygen atoms in total. The standard InChI is InChI=1S/C6H14ClNO/c1-8(2)5-4-6(7)9-3/h6H,4-5H2,1-3H3. The summed E-state index contributed by atoms with van der Waals surface area (Å²) in [5, 5.41) is 0. The van der Waals surface area contributed by atoms with Gasteiger partial charge in [-0.25, -0.2) is 0 Å². The van der Waals surface area contributed by atoms with Crippen molar-refractivity contribution in [1.82, 2.24) is 4.90 Å². The lowest BCUT2D eigenvalue weighted by molar-refractivity contribution is 0.151. The molecule has 1 unspecified atom stereocenters. The summed E-state index contributed by atoms with van der Waals surface area (Å²) < 4.78 is 4.84. The zero-order valence-electron chi connectivity index (χ0n) is 6.22. The highest BCUT2D eigenvalue weighted by atomic mass is 35.5. The third-order valence-electron chi connectivity index (χ3n) is 1.06. The van der Waals surface area contributed by atoms with Crippen molar-refractivity contribution in [3.05, 3.63) is 0 Å². The van der Waals surface area contributed by atoms with Crippen LogP contribution in [-0.2, 0) is 4.74 Å². The maximum atomic E-state index is 5.66. The lowest BCUT2D eigenvalue weighted by Gasteiger charge is -2.11. The molecule has 0 spiro atoms. The minimum Gasteiger partial charge on any atom is -0.366 e. The maximum Gasteiger partial charge on any atom is 0.132 e. The summed E-state index contributed by atoms with van der Waals surface area (Å²) in [6.45, 7) is 0.974. The summed E-state index contributed by atoms with van der Waals surface area (Å²) in [5.41, 5.74) is -0.132. The van der Waals surface area contributed by atoms with Gasteiger partial charge in [0.15, 0.2) is 0 Å². The van der Waals surface area contributed by atoms with Crippen molar-refractivity contribution in [2.75, 3.05) is 27.7 Å². The lowest BCUT2D eigenvalue weighted by atomic mass is 10.4. The van der Waals surface area contributed by atoms with Crippen LogP contribution in [0.2, 0.25) is 0 Å². The zero-order chi connectivity index (χ0) is 7.28. The molecular formula is C6H14ClNO. The molecule has 3 heteroatoms. The molecule has 0 aromatic carbocycles. The van der Waals surface area contributed by atoms with E-state index in [1.54, 1.807) is 7.11 Å². The molecule has 0 aliphatic heterocycles. The van der Waals surface area contributed by atoms with Crippen LogP contribution in [0.4, 0.5) is 0 Å². The van der Waals surface area contributed by atoms with Crippen LogP contribution in [0.3, 0.4) is 0 Å². The smallest absolute Gasteiger partial charge is 0.132 e. The molecule has 56 valence electrons. The van der Waals surface area contributed by atoms with Gasteiger partial charge in [0, 0.05) is 20.1 Å². The first-order valence-corrected chi connectivity index (χ1v) is 3.42. The van der Waals surface area contributed by atoms with E-state index in [1.165, 1.54) is 0 Å². The molecule has 0 heterocycles. The average Bonchev–Trinajstić information content (AvgIpc) is 1.83. The normalized spacial score (nSPS) is 14.3. The quantitative estimate of drug-likeness (QED) is 0.559. The highest BCUT2D eigenvalue weighted by Gasteiger charge is 2.00. The van der Waals surface area contributed by atoms with Crippen LogP contribution in [0.1, 0.15) is 6.42 Å². The Labute approximate surface area is 61.7 Å². The molecule has 0 aromatic rings. The van der Waals surface area contributed by atoms with Gasteiger partial charge in [0.1, 0.15) is 5.56 Å². The fourth-order valence-corrected chi connectivity index (χ4v) is 0.575. The molecule has 0 radical (unpaired) electrons. The Morgan fingerprint density at radius 3 is 2.44 bits per heavy atom. The first-order valence-electron chi connectivity index (χ1n) is 2.98. The summed E-state index contributed by atoms with van der Waals surface area (Å²) in [5.74, 6) is 0.